The van der Waals surface area contributed by atoms with Gasteiger partial charge in [0.15, 0.2) is 0 Å². The maximum absolute atomic E-state index is 13.7. The molecule has 184 valence electrons. The van der Waals surface area contributed by atoms with E-state index in [-0.39, 0.29) is 11.7 Å². The van der Waals surface area contributed by atoms with Crippen molar-refractivity contribution in [2.75, 3.05) is 37.7 Å². The van der Waals surface area contributed by atoms with E-state index < -0.39 is 0 Å². The molecule has 36 heavy (non-hydrogen) atoms. The molecule has 0 radical (unpaired) electrons. The molecule has 0 bridgehead atoms. The van der Waals surface area contributed by atoms with E-state index in [4.69, 9.17) is 4.74 Å². The number of amides is 1. The number of anilines is 1. The SMILES string of the molecule is CCOc1ccccc1N1CCN(C(=O)c2cc(-c3ccc(F)cc3)n(-c3ccccc3)c2C)CC1. The first kappa shape index (κ1) is 23.7. The summed E-state index contributed by atoms with van der Waals surface area (Å²) in [6, 6.07) is 26.4. The summed E-state index contributed by atoms with van der Waals surface area (Å²) in [7, 11) is 0. The van der Waals surface area contributed by atoms with Crippen LogP contribution in [0.15, 0.2) is 84.9 Å². The van der Waals surface area contributed by atoms with Gasteiger partial charge in [-0.05, 0) is 74.0 Å². The maximum Gasteiger partial charge on any atom is 0.255 e. The van der Waals surface area contributed by atoms with Gasteiger partial charge in [-0.2, -0.15) is 0 Å². The normalized spacial score (nSPS) is 13.6. The Kier molecular flexibility index (Phi) is 6.76. The highest BCUT2D eigenvalue weighted by atomic mass is 19.1. The van der Waals surface area contributed by atoms with Gasteiger partial charge in [-0.3, -0.25) is 4.79 Å². The number of hydrogen-bond acceptors (Lipinski definition) is 3. The predicted octanol–water partition coefficient (Wildman–Crippen LogP) is 5.95. The summed E-state index contributed by atoms with van der Waals surface area (Å²) in [6.07, 6.45) is 0. The molecule has 0 unspecified atom stereocenters. The van der Waals surface area contributed by atoms with Crippen molar-refractivity contribution in [1.29, 1.82) is 0 Å². The van der Waals surface area contributed by atoms with Crippen LogP contribution in [0.5, 0.6) is 5.75 Å². The molecule has 6 heteroatoms. The van der Waals surface area contributed by atoms with E-state index in [0.29, 0.717) is 25.3 Å². The molecule has 0 saturated carbocycles. The molecule has 5 nitrogen and oxygen atoms in total. The van der Waals surface area contributed by atoms with Gasteiger partial charge in [-0.1, -0.05) is 30.3 Å². The Balaban J connectivity index is 1.42. The van der Waals surface area contributed by atoms with Crippen LogP contribution in [-0.4, -0.2) is 48.2 Å². The third-order valence-electron chi connectivity index (χ3n) is 6.70. The molecule has 0 aliphatic carbocycles. The number of aromatic nitrogens is 1. The minimum Gasteiger partial charge on any atom is -0.492 e. The van der Waals surface area contributed by atoms with Crippen molar-refractivity contribution in [2.24, 2.45) is 0 Å². The number of rotatable bonds is 6. The van der Waals surface area contributed by atoms with Gasteiger partial charge in [0.05, 0.1) is 23.6 Å². The van der Waals surface area contributed by atoms with E-state index in [1.54, 1.807) is 12.1 Å². The highest BCUT2D eigenvalue weighted by molar-refractivity contribution is 5.97. The van der Waals surface area contributed by atoms with Gasteiger partial charge in [0.1, 0.15) is 11.6 Å². The molecule has 2 heterocycles. The van der Waals surface area contributed by atoms with Crippen molar-refractivity contribution in [3.8, 4) is 22.7 Å². The largest absolute Gasteiger partial charge is 0.492 e. The Labute approximate surface area is 211 Å². The molecule has 1 saturated heterocycles. The van der Waals surface area contributed by atoms with E-state index in [0.717, 1.165) is 47.2 Å². The van der Waals surface area contributed by atoms with Gasteiger partial charge < -0.3 is 19.1 Å². The maximum atomic E-state index is 13.7. The number of carbonyl (C=O) groups is 1. The summed E-state index contributed by atoms with van der Waals surface area (Å²) in [5.74, 6) is 0.608. The van der Waals surface area contributed by atoms with Crippen LogP contribution in [0.2, 0.25) is 0 Å². The van der Waals surface area contributed by atoms with Gasteiger partial charge in [0.25, 0.3) is 5.91 Å². The first-order valence-electron chi connectivity index (χ1n) is 12.4. The number of para-hydroxylation sites is 3. The van der Waals surface area contributed by atoms with Crippen LogP contribution in [0.25, 0.3) is 16.9 Å². The Morgan fingerprint density at radius 2 is 1.56 bits per heavy atom. The lowest BCUT2D eigenvalue weighted by Gasteiger charge is -2.36. The van der Waals surface area contributed by atoms with Crippen molar-refractivity contribution >= 4 is 11.6 Å². The van der Waals surface area contributed by atoms with Gasteiger partial charge in [0, 0.05) is 37.6 Å². The molecule has 4 aromatic rings. The van der Waals surface area contributed by atoms with Crippen molar-refractivity contribution in [2.45, 2.75) is 13.8 Å². The van der Waals surface area contributed by atoms with Gasteiger partial charge in [-0.25, -0.2) is 4.39 Å². The first-order valence-corrected chi connectivity index (χ1v) is 12.4. The Morgan fingerprint density at radius 1 is 0.889 bits per heavy atom. The molecule has 3 aromatic carbocycles. The number of nitrogens with zero attached hydrogens (tertiary/aromatic N) is 3. The van der Waals surface area contributed by atoms with Crippen molar-refractivity contribution in [1.82, 2.24) is 9.47 Å². The third-order valence-corrected chi connectivity index (χ3v) is 6.70. The fraction of sp³-hybridized carbons (Fsp3) is 0.233. The van der Waals surface area contributed by atoms with Crippen molar-refractivity contribution < 1.29 is 13.9 Å². The van der Waals surface area contributed by atoms with Crippen molar-refractivity contribution in [3.63, 3.8) is 0 Å². The molecule has 1 amide bonds. The molecule has 1 aliphatic rings. The van der Waals surface area contributed by atoms with Crippen molar-refractivity contribution in [3.05, 3.63) is 102 Å². The van der Waals surface area contributed by atoms with Gasteiger partial charge >= 0.3 is 0 Å². The lowest BCUT2D eigenvalue weighted by molar-refractivity contribution is 0.0746. The minimum atomic E-state index is -0.284. The summed E-state index contributed by atoms with van der Waals surface area (Å²) in [4.78, 5) is 17.9. The summed E-state index contributed by atoms with van der Waals surface area (Å²) in [6.45, 7) is 7.29. The second kappa shape index (κ2) is 10.3. The smallest absolute Gasteiger partial charge is 0.255 e. The molecule has 1 fully saturated rings. The molecule has 0 atom stereocenters. The highest BCUT2D eigenvalue weighted by Gasteiger charge is 2.27. The topological polar surface area (TPSA) is 37.7 Å². The number of benzene rings is 3. The van der Waals surface area contributed by atoms with Crippen LogP contribution in [0, 0.1) is 12.7 Å². The number of carbonyl (C=O) groups excluding carboxylic acids is 1. The number of ether oxygens (including phenoxy) is 1. The van der Waals surface area contributed by atoms with E-state index in [9.17, 15) is 9.18 Å². The zero-order chi connectivity index (χ0) is 25.1. The summed E-state index contributed by atoms with van der Waals surface area (Å²) in [5, 5.41) is 0. The molecule has 0 N–H and O–H groups in total. The number of piperazine rings is 1. The quantitative estimate of drug-likeness (QED) is 0.340. The molecule has 5 rings (SSSR count). The Morgan fingerprint density at radius 3 is 2.25 bits per heavy atom. The van der Waals surface area contributed by atoms with Gasteiger partial charge in [-0.15, -0.1) is 0 Å². The highest BCUT2D eigenvalue weighted by Crippen LogP contribution is 2.32. The van der Waals surface area contributed by atoms with Crippen LogP contribution < -0.4 is 9.64 Å². The first-order chi connectivity index (χ1) is 17.6. The fourth-order valence-electron chi connectivity index (χ4n) is 4.88. The lowest BCUT2D eigenvalue weighted by Crippen LogP contribution is -2.49. The molecular weight excluding hydrogens is 453 g/mol. The average Bonchev–Trinajstić information content (AvgIpc) is 3.26. The summed E-state index contributed by atoms with van der Waals surface area (Å²) >= 11 is 0. The Bertz CT molecular complexity index is 1340. The van der Waals surface area contributed by atoms with E-state index in [2.05, 4.69) is 15.5 Å². The van der Waals surface area contributed by atoms with Crippen LogP contribution in [0.3, 0.4) is 0 Å². The van der Waals surface area contributed by atoms with E-state index >= 15 is 0 Å². The second-order valence-electron chi connectivity index (χ2n) is 8.89. The Hall–Kier alpha value is -4.06. The second-order valence-corrected chi connectivity index (χ2v) is 8.89. The lowest BCUT2D eigenvalue weighted by atomic mass is 10.1. The number of halogens is 1. The van der Waals surface area contributed by atoms with Crippen LogP contribution in [0.4, 0.5) is 10.1 Å². The van der Waals surface area contributed by atoms with Gasteiger partial charge in [0.2, 0.25) is 0 Å². The monoisotopic (exact) mass is 483 g/mol. The third kappa shape index (κ3) is 4.59. The van der Waals surface area contributed by atoms with Crippen LogP contribution in [-0.2, 0) is 0 Å². The molecular formula is C30H30FN3O2. The minimum absolute atomic E-state index is 0.0169. The van der Waals surface area contributed by atoms with Crippen LogP contribution in [0.1, 0.15) is 23.0 Å². The standard InChI is InChI=1S/C30H30FN3O2/c1-3-36-29-12-8-7-11-27(29)32-17-19-33(20-18-32)30(35)26-21-28(23-13-15-24(31)16-14-23)34(22(26)2)25-9-5-4-6-10-25/h4-16,21H,3,17-20H2,1-2H3. The van der Waals surface area contributed by atoms with Crippen LogP contribution >= 0.6 is 0 Å². The summed E-state index contributed by atoms with van der Waals surface area (Å²) in [5.41, 5.74) is 5.30. The number of hydrogen-bond donors (Lipinski definition) is 0. The van der Waals surface area contributed by atoms with E-state index in [1.165, 1.54) is 12.1 Å². The fourth-order valence-corrected chi connectivity index (χ4v) is 4.88. The van der Waals surface area contributed by atoms with E-state index in [1.807, 2.05) is 73.3 Å². The molecule has 0 spiro atoms. The molecule has 1 aromatic heterocycles. The molecule has 1 aliphatic heterocycles. The predicted molar refractivity (Wildman–Crippen MR) is 142 cm³/mol. The zero-order valence-corrected chi connectivity index (χ0v) is 20.7. The zero-order valence-electron chi connectivity index (χ0n) is 20.7. The summed E-state index contributed by atoms with van der Waals surface area (Å²) < 4.78 is 21.5. The average molecular weight is 484 g/mol.